The van der Waals surface area contributed by atoms with Gasteiger partial charge in [0.15, 0.2) is 0 Å². The third kappa shape index (κ3) is 2.65. The van der Waals surface area contributed by atoms with E-state index < -0.39 is 5.76 Å². The molecule has 1 aliphatic rings. The molecule has 2 aromatic heterocycles. The number of imidazole rings is 1. The minimum atomic E-state index is -0.660. The van der Waals surface area contributed by atoms with Crippen LogP contribution in [0.1, 0.15) is 21.0 Å². The number of rotatable bonds is 2. The molecule has 2 aromatic rings. The lowest BCUT2D eigenvalue weighted by Gasteiger charge is -2.34. The van der Waals surface area contributed by atoms with E-state index in [1.807, 2.05) is 0 Å². The molecule has 0 aliphatic carbocycles. The Morgan fingerprint density at radius 1 is 1.18 bits per heavy atom. The Morgan fingerprint density at radius 3 is 2.32 bits per heavy atom. The van der Waals surface area contributed by atoms with Crippen molar-refractivity contribution in [2.75, 3.05) is 26.2 Å². The van der Waals surface area contributed by atoms with Crippen molar-refractivity contribution >= 4 is 11.8 Å². The number of hydrogen-bond acceptors (Lipinski definition) is 5. The van der Waals surface area contributed by atoms with E-state index >= 15 is 0 Å². The van der Waals surface area contributed by atoms with Crippen molar-refractivity contribution in [1.82, 2.24) is 24.3 Å². The van der Waals surface area contributed by atoms with Gasteiger partial charge in [-0.25, -0.2) is 9.78 Å². The molecule has 1 aliphatic heterocycles. The van der Waals surface area contributed by atoms with Crippen LogP contribution in [-0.2, 0) is 7.05 Å². The molecule has 1 saturated heterocycles. The Bertz CT molecular complexity index is 750. The van der Waals surface area contributed by atoms with Gasteiger partial charge in [0.2, 0.25) is 0 Å². The molecular formula is C13H15N5O4. The van der Waals surface area contributed by atoms with Crippen LogP contribution in [0.2, 0.25) is 0 Å². The van der Waals surface area contributed by atoms with Crippen molar-refractivity contribution < 1.29 is 14.0 Å². The maximum Gasteiger partial charge on any atom is 0.416 e. The average molecular weight is 305 g/mol. The molecular weight excluding hydrogens is 290 g/mol. The highest BCUT2D eigenvalue weighted by molar-refractivity contribution is 5.93. The zero-order valence-corrected chi connectivity index (χ0v) is 12.0. The van der Waals surface area contributed by atoms with Crippen molar-refractivity contribution in [3.8, 4) is 0 Å². The molecule has 116 valence electrons. The van der Waals surface area contributed by atoms with Crippen LogP contribution >= 0.6 is 0 Å². The Balaban J connectivity index is 1.61. The lowest BCUT2D eigenvalue weighted by Crippen LogP contribution is -2.50. The second-order valence-corrected chi connectivity index (χ2v) is 5.07. The number of aromatic nitrogens is 3. The van der Waals surface area contributed by atoms with E-state index in [-0.39, 0.29) is 17.5 Å². The summed E-state index contributed by atoms with van der Waals surface area (Å²) < 4.78 is 6.27. The summed E-state index contributed by atoms with van der Waals surface area (Å²) in [6.07, 6.45) is 4.34. The number of oxazole rings is 1. The van der Waals surface area contributed by atoms with E-state index in [9.17, 15) is 14.4 Å². The molecule has 2 amide bonds. The lowest BCUT2D eigenvalue weighted by atomic mass is 10.2. The molecule has 0 saturated carbocycles. The van der Waals surface area contributed by atoms with Gasteiger partial charge in [0.1, 0.15) is 17.7 Å². The van der Waals surface area contributed by atoms with E-state index in [1.165, 1.54) is 0 Å². The van der Waals surface area contributed by atoms with Gasteiger partial charge in [-0.2, -0.15) is 0 Å². The van der Waals surface area contributed by atoms with Crippen LogP contribution in [-0.4, -0.2) is 62.3 Å². The van der Waals surface area contributed by atoms with E-state index in [0.29, 0.717) is 31.9 Å². The molecule has 1 fully saturated rings. The summed E-state index contributed by atoms with van der Waals surface area (Å²) in [5.74, 6) is -1.12. The predicted octanol–water partition coefficient (Wildman–Crippen LogP) is -0.700. The van der Waals surface area contributed by atoms with Gasteiger partial charge < -0.3 is 18.8 Å². The summed E-state index contributed by atoms with van der Waals surface area (Å²) in [6.45, 7) is 1.63. The van der Waals surface area contributed by atoms with E-state index in [1.54, 1.807) is 33.9 Å². The second kappa shape index (κ2) is 5.51. The number of H-pyrrole nitrogens is 1. The van der Waals surface area contributed by atoms with Crippen molar-refractivity contribution in [3.05, 3.63) is 40.7 Å². The van der Waals surface area contributed by atoms with Crippen molar-refractivity contribution in [3.63, 3.8) is 0 Å². The first-order valence-electron chi connectivity index (χ1n) is 6.79. The van der Waals surface area contributed by atoms with Gasteiger partial charge in [-0.3, -0.25) is 14.6 Å². The fourth-order valence-corrected chi connectivity index (χ4v) is 2.35. The van der Waals surface area contributed by atoms with Crippen molar-refractivity contribution in [2.24, 2.45) is 7.05 Å². The standard InChI is InChI=1S/C13H15N5O4/c1-16-6-9(14-8-16)11(19)17-2-4-18(5-3-17)12(20)10-7-22-13(21)15-10/h6-8H,2-5H2,1H3,(H,15,21). The quantitative estimate of drug-likeness (QED) is 0.790. The third-order valence-electron chi connectivity index (χ3n) is 3.53. The Hall–Kier alpha value is -2.84. The molecule has 0 bridgehead atoms. The van der Waals surface area contributed by atoms with Gasteiger partial charge in [-0.05, 0) is 0 Å². The first-order chi connectivity index (χ1) is 10.5. The fraction of sp³-hybridized carbons (Fsp3) is 0.385. The number of hydrogen-bond donors (Lipinski definition) is 1. The zero-order valence-electron chi connectivity index (χ0n) is 12.0. The van der Waals surface area contributed by atoms with Crippen molar-refractivity contribution in [2.45, 2.75) is 0 Å². The highest BCUT2D eigenvalue weighted by Gasteiger charge is 2.27. The molecule has 0 spiro atoms. The summed E-state index contributed by atoms with van der Waals surface area (Å²) in [7, 11) is 1.80. The normalized spacial score (nSPS) is 15.1. The number of nitrogens with one attached hydrogen (secondary N) is 1. The predicted molar refractivity (Wildman–Crippen MR) is 74.3 cm³/mol. The summed E-state index contributed by atoms with van der Waals surface area (Å²) in [4.78, 5) is 44.9. The van der Waals surface area contributed by atoms with Crippen molar-refractivity contribution in [1.29, 1.82) is 0 Å². The van der Waals surface area contributed by atoms with Gasteiger partial charge in [0.05, 0.1) is 6.33 Å². The van der Waals surface area contributed by atoms with E-state index in [0.717, 1.165) is 6.26 Å². The molecule has 3 heterocycles. The fourth-order valence-electron chi connectivity index (χ4n) is 2.35. The van der Waals surface area contributed by atoms with Gasteiger partial charge >= 0.3 is 5.76 Å². The zero-order chi connectivity index (χ0) is 15.7. The highest BCUT2D eigenvalue weighted by Crippen LogP contribution is 2.09. The minimum Gasteiger partial charge on any atom is -0.416 e. The Kier molecular flexibility index (Phi) is 3.53. The smallest absolute Gasteiger partial charge is 0.416 e. The van der Waals surface area contributed by atoms with Crippen LogP contribution in [0, 0.1) is 0 Å². The molecule has 0 unspecified atom stereocenters. The minimum absolute atomic E-state index is 0.120. The molecule has 9 heteroatoms. The van der Waals surface area contributed by atoms with Gasteiger partial charge in [-0.1, -0.05) is 0 Å². The monoisotopic (exact) mass is 305 g/mol. The first-order valence-corrected chi connectivity index (χ1v) is 6.79. The van der Waals surface area contributed by atoms with Crippen LogP contribution < -0.4 is 5.76 Å². The molecule has 22 heavy (non-hydrogen) atoms. The van der Waals surface area contributed by atoms with Crippen LogP contribution in [0.5, 0.6) is 0 Å². The molecule has 1 N–H and O–H groups in total. The third-order valence-corrected chi connectivity index (χ3v) is 3.53. The number of carbonyl (C=O) groups excluding carboxylic acids is 2. The maximum atomic E-state index is 12.2. The average Bonchev–Trinajstić information content (AvgIpc) is 3.14. The number of piperazine rings is 1. The SMILES string of the molecule is Cn1cnc(C(=O)N2CCN(C(=O)c3coc(=O)[nH]3)CC2)c1. The second-order valence-electron chi connectivity index (χ2n) is 5.07. The maximum absolute atomic E-state index is 12.2. The molecule has 0 radical (unpaired) electrons. The van der Waals surface area contributed by atoms with Crippen LogP contribution in [0.15, 0.2) is 28.0 Å². The topological polar surface area (TPSA) is 104 Å². The summed E-state index contributed by atoms with van der Waals surface area (Å²) in [5, 5.41) is 0. The largest absolute Gasteiger partial charge is 0.416 e. The molecule has 3 rings (SSSR count). The van der Waals surface area contributed by atoms with E-state index in [4.69, 9.17) is 0 Å². The highest BCUT2D eigenvalue weighted by atomic mass is 16.4. The van der Waals surface area contributed by atoms with Gasteiger partial charge in [0, 0.05) is 39.4 Å². The van der Waals surface area contributed by atoms with Gasteiger partial charge in [0.25, 0.3) is 11.8 Å². The Labute approximate surface area is 125 Å². The number of aromatic amines is 1. The summed E-state index contributed by atoms with van der Waals surface area (Å²) in [6, 6.07) is 0. The van der Waals surface area contributed by atoms with Gasteiger partial charge in [-0.15, -0.1) is 0 Å². The van der Waals surface area contributed by atoms with E-state index in [2.05, 4.69) is 14.4 Å². The van der Waals surface area contributed by atoms with Crippen LogP contribution in [0.25, 0.3) is 0 Å². The number of nitrogens with zero attached hydrogens (tertiary/aromatic N) is 4. The number of amides is 2. The summed E-state index contributed by atoms with van der Waals surface area (Å²) in [5.41, 5.74) is 0.510. The lowest BCUT2D eigenvalue weighted by molar-refractivity contribution is 0.0529. The molecule has 0 atom stereocenters. The number of aryl methyl sites for hydroxylation is 1. The number of carbonyl (C=O) groups is 2. The molecule has 9 nitrogen and oxygen atoms in total. The Morgan fingerprint density at radius 2 is 1.82 bits per heavy atom. The summed E-state index contributed by atoms with van der Waals surface area (Å²) >= 11 is 0. The van der Waals surface area contributed by atoms with Crippen LogP contribution in [0.4, 0.5) is 0 Å². The molecule has 0 aromatic carbocycles. The first kappa shape index (κ1) is 14.1. The van der Waals surface area contributed by atoms with Crippen LogP contribution in [0.3, 0.4) is 0 Å².